The molecule has 1 amide bonds. The predicted octanol–water partition coefficient (Wildman–Crippen LogP) is 2.85. The number of nitro groups is 1. The lowest BCUT2D eigenvalue weighted by Crippen LogP contribution is -2.52. The van der Waals surface area contributed by atoms with Gasteiger partial charge in [-0.1, -0.05) is 12.8 Å². The number of nitro benzene ring substituents is 1. The third-order valence-corrected chi connectivity index (χ3v) is 5.17. The molecular weight excluding hydrogens is 346 g/mol. The lowest BCUT2D eigenvalue weighted by molar-refractivity contribution is -0.384. The van der Waals surface area contributed by atoms with Crippen molar-refractivity contribution in [2.45, 2.75) is 31.2 Å². The first-order chi connectivity index (χ1) is 11.9. The van der Waals surface area contributed by atoms with Gasteiger partial charge >= 0.3 is 5.97 Å². The normalized spacial score (nSPS) is 15.7. The van der Waals surface area contributed by atoms with E-state index in [9.17, 15) is 24.8 Å². The number of non-ortho nitro benzene ring substituents is 1. The molecule has 1 saturated carbocycles. The van der Waals surface area contributed by atoms with Crippen molar-refractivity contribution in [3.05, 3.63) is 45.5 Å². The molecule has 0 unspecified atom stereocenters. The summed E-state index contributed by atoms with van der Waals surface area (Å²) in [6, 6.07) is 5.87. The molecule has 9 heteroatoms. The van der Waals surface area contributed by atoms with Crippen molar-refractivity contribution < 1.29 is 19.6 Å². The number of aromatic nitrogens is 1. The number of nitrogens with one attached hydrogen (secondary N) is 1. The van der Waals surface area contributed by atoms with Crippen LogP contribution in [-0.4, -0.2) is 32.4 Å². The van der Waals surface area contributed by atoms with E-state index in [2.05, 4.69) is 10.3 Å². The molecule has 0 aliphatic heterocycles. The zero-order valence-electron chi connectivity index (χ0n) is 13.1. The number of rotatable bonds is 5. The highest BCUT2D eigenvalue weighted by Gasteiger charge is 2.43. The quantitative estimate of drug-likeness (QED) is 0.623. The molecule has 1 heterocycles. The Morgan fingerprint density at radius 3 is 2.44 bits per heavy atom. The van der Waals surface area contributed by atoms with Crippen LogP contribution in [0.5, 0.6) is 0 Å². The Balaban J connectivity index is 1.77. The van der Waals surface area contributed by atoms with E-state index in [0.29, 0.717) is 23.4 Å². The summed E-state index contributed by atoms with van der Waals surface area (Å²) in [4.78, 5) is 38.3. The summed E-state index contributed by atoms with van der Waals surface area (Å²) in [5.41, 5.74) is -0.439. The number of hydrogen-bond donors (Lipinski definition) is 2. The molecule has 1 aromatic carbocycles. The van der Waals surface area contributed by atoms with Gasteiger partial charge < -0.3 is 10.4 Å². The molecule has 25 heavy (non-hydrogen) atoms. The first-order valence-electron chi connectivity index (χ1n) is 7.67. The van der Waals surface area contributed by atoms with Crippen LogP contribution < -0.4 is 5.32 Å². The third kappa shape index (κ3) is 3.36. The first kappa shape index (κ1) is 17.0. The molecule has 1 aliphatic carbocycles. The van der Waals surface area contributed by atoms with Crippen LogP contribution in [0.1, 0.15) is 36.2 Å². The van der Waals surface area contributed by atoms with E-state index in [1.165, 1.54) is 23.5 Å². The van der Waals surface area contributed by atoms with Gasteiger partial charge in [0.2, 0.25) is 0 Å². The Morgan fingerprint density at radius 1 is 1.24 bits per heavy atom. The molecule has 8 nitrogen and oxygen atoms in total. The van der Waals surface area contributed by atoms with Gasteiger partial charge in [0, 0.05) is 23.1 Å². The minimum Gasteiger partial charge on any atom is -0.480 e. The Hall–Kier alpha value is -2.81. The zero-order chi connectivity index (χ0) is 18.0. The molecule has 1 aliphatic rings. The molecule has 0 radical (unpaired) electrons. The van der Waals surface area contributed by atoms with Gasteiger partial charge in [0.1, 0.15) is 16.2 Å². The molecule has 2 N–H and O–H groups in total. The molecule has 130 valence electrons. The molecule has 2 aromatic rings. The van der Waals surface area contributed by atoms with Gasteiger partial charge in [-0.05, 0) is 25.0 Å². The second kappa shape index (κ2) is 6.60. The topological polar surface area (TPSA) is 122 Å². The Bertz CT molecular complexity index is 825. The minimum atomic E-state index is -1.21. The van der Waals surface area contributed by atoms with Crippen LogP contribution in [0.2, 0.25) is 0 Å². The second-order valence-corrected chi connectivity index (χ2v) is 6.75. The van der Waals surface area contributed by atoms with Crippen LogP contribution in [0.15, 0.2) is 29.6 Å². The molecular formula is C16H15N3O5S. The third-order valence-electron chi connectivity index (χ3n) is 4.28. The maximum absolute atomic E-state index is 12.4. The van der Waals surface area contributed by atoms with Crippen molar-refractivity contribution >= 4 is 28.9 Å². The van der Waals surface area contributed by atoms with Crippen molar-refractivity contribution in [2.75, 3.05) is 0 Å². The lowest BCUT2D eigenvalue weighted by atomic mass is 9.98. The Morgan fingerprint density at radius 2 is 1.88 bits per heavy atom. The van der Waals surface area contributed by atoms with Crippen LogP contribution in [-0.2, 0) is 4.79 Å². The van der Waals surface area contributed by atoms with E-state index in [4.69, 9.17) is 0 Å². The van der Waals surface area contributed by atoms with Crippen LogP contribution in [0.25, 0.3) is 10.6 Å². The molecule has 1 aromatic heterocycles. The molecule has 0 atom stereocenters. The molecule has 0 spiro atoms. The molecule has 0 bridgehead atoms. The standard InChI is InChI=1S/C16H15N3O5S/c20-13(18-16(15(21)22)7-1-2-8-16)12-9-25-14(17-12)10-3-5-11(6-4-10)19(23)24/h3-6,9H,1-2,7-8H2,(H,18,20)(H,21,22). The predicted molar refractivity (Wildman–Crippen MR) is 90.5 cm³/mol. The van der Waals surface area contributed by atoms with E-state index in [-0.39, 0.29) is 11.4 Å². The number of carboxylic acid groups (broad SMARTS) is 1. The maximum atomic E-state index is 12.4. The number of aliphatic carboxylic acids is 1. The van der Waals surface area contributed by atoms with E-state index in [1.807, 2.05) is 0 Å². The van der Waals surface area contributed by atoms with Crippen LogP contribution in [0.3, 0.4) is 0 Å². The Kier molecular flexibility index (Phi) is 4.49. The van der Waals surface area contributed by atoms with Crippen molar-refractivity contribution in [1.29, 1.82) is 0 Å². The summed E-state index contributed by atoms with van der Waals surface area (Å²) < 4.78 is 0. The summed E-state index contributed by atoms with van der Waals surface area (Å²) in [5, 5.41) is 24.8. The van der Waals surface area contributed by atoms with Gasteiger partial charge in [-0.15, -0.1) is 11.3 Å². The number of amides is 1. The summed E-state index contributed by atoms with van der Waals surface area (Å²) in [6.07, 6.45) is 2.34. The smallest absolute Gasteiger partial charge is 0.329 e. The largest absolute Gasteiger partial charge is 0.480 e. The number of carboxylic acids is 1. The SMILES string of the molecule is O=C(NC1(C(=O)O)CCCC1)c1csc(-c2ccc([N+](=O)[O-])cc2)n1. The highest BCUT2D eigenvalue weighted by molar-refractivity contribution is 7.13. The fourth-order valence-electron chi connectivity index (χ4n) is 2.89. The van der Waals surface area contributed by atoms with Crippen LogP contribution in [0, 0.1) is 10.1 Å². The summed E-state index contributed by atoms with van der Waals surface area (Å²) in [6.45, 7) is 0. The average Bonchev–Trinajstić information content (AvgIpc) is 3.25. The minimum absolute atomic E-state index is 0.0251. The van der Waals surface area contributed by atoms with Gasteiger partial charge in [-0.2, -0.15) is 0 Å². The van der Waals surface area contributed by atoms with Crippen molar-refractivity contribution in [1.82, 2.24) is 10.3 Å². The van der Waals surface area contributed by atoms with E-state index < -0.39 is 22.3 Å². The van der Waals surface area contributed by atoms with Gasteiger partial charge in [0.15, 0.2) is 0 Å². The number of benzene rings is 1. The van der Waals surface area contributed by atoms with Gasteiger partial charge in [0.25, 0.3) is 11.6 Å². The van der Waals surface area contributed by atoms with Crippen LogP contribution in [0.4, 0.5) is 5.69 Å². The van der Waals surface area contributed by atoms with Gasteiger partial charge in [0.05, 0.1) is 4.92 Å². The summed E-state index contributed by atoms with van der Waals surface area (Å²) in [5.74, 6) is -1.54. The summed E-state index contributed by atoms with van der Waals surface area (Å²) >= 11 is 1.22. The highest BCUT2D eigenvalue weighted by atomic mass is 32.1. The number of carbonyl (C=O) groups excluding carboxylic acids is 1. The number of nitrogens with zero attached hydrogens (tertiary/aromatic N) is 2. The number of thiazole rings is 1. The number of hydrogen-bond acceptors (Lipinski definition) is 6. The van der Waals surface area contributed by atoms with E-state index >= 15 is 0 Å². The Labute approximate surface area is 146 Å². The first-order valence-corrected chi connectivity index (χ1v) is 8.55. The monoisotopic (exact) mass is 361 g/mol. The highest BCUT2D eigenvalue weighted by Crippen LogP contribution is 2.31. The van der Waals surface area contributed by atoms with Crippen molar-refractivity contribution in [3.8, 4) is 10.6 Å². The zero-order valence-corrected chi connectivity index (χ0v) is 13.9. The molecule has 3 rings (SSSR count). The lowest BCUT2D eigenvalue weighted by Gasteiger charge is -2.24. The molecule has 1 fully saturated rings. The van der Waals surface area contributed by atoms with Crippen LogP contribution >= 0.6 is 11.3 Å². The maximum Gasteiger partial charge on any atom is 0.329 e. The van der Waals surface area contributed by atoms with E-state index in [1.54, 1.807) is 17.5 Å². The number of carbonyl (C=O) groups is 2. The van der Waals surface area contributed by atoms with Gasteiger partial charge in [-0.25, -0.2) is 9.78 Å². The fourth-order valence-corrected chi connectivity index (χ4v) is 3.69. The van der Waals surface area contributed by atoms with Crippen molar-refractivity contribution in [2.24, 2.45) is 0 Å². The summed E-state index contributed by atoms with van der Waals surface area (Å²) in [7, 11) is 0. The van der Waals surface area contributed by atoms with E-state index in [0.717, 1.165) is 12.8 Å². The fraction of sp³-hybridized carbons (Fsp3) is 0.312. The van der Waals surface area contributed by atoms with Gasteiger partial charge in [-0.3, -0.25) is 14.9 Å². The second-order valence-electron chi connectivity index (χ2n) is 5.89. The van der Waals surface area contributed by atoms with Crippen molar-refractivity contribution in [3.63, 3.8) is 0 Å². The molecule has 0 saturated heterocycles. The average molecular weight is 361 g/mol.